The van der Waals surface area contributed by atoms with Crippen LogP contribution in [-0.4, -0.2) is 48.5 Å². The molecule has 1 saturated heterocycles. The molecule has 134 valence electrons. The van der Waals surface area contributed by atoms with Crippen LogP contribution in [0.25, 0.3) is 0 Å². The van der Waals surface area contributed by atoms with Gasteiger partial charge >= 0.3 is 7.12 Å². The Balaban J connectivity index is 1.93. The maximum absolute atomic E-state index is 12.5. The van der Waals surface area contributed by atoms with E-state index >= 15 is 0 Å². The zero-order valence-electron chi connectivity index (χ0n) is 13.9. The highest BCUT2D eigenvalue weighted by molar-refractivity contribution is 7.87. The predicted molar refractivity (Wildman–Crippen MR) is 94.1 cm³/mol. The molecule has 24 heavy (non-hydrogen) atoms. The minimum absolute atomic E-state index is 0.00968. The van der Waals surface area contributed by atoms with Crippen molar-refractivity contribution in [3.63, 3.8) is 0 Å². The first-order valence-electron chi connectivity index (χ1n) is 8.14. The smallest absolute Gasteiger partial charge is 0.427 e. The highest BCUT2D eigenvalue weighted by Gasteiger charge is 2.43. The lowest BCUT2D eigenvalue weighted by Gasteiger charge is -2.25. The largest absolute Gasteiger partial charge is 0.451 e. The third kappa shape index (κ3) is 5.27. The van der Waals surface area contributed by atoms with Crippen LogP contribution < -0.4 is 10.5 Å². The second-order valence-electron chi connectivity index (χ2n) is 6.72. The fourth-order valence-electron chi connectivity index (χ4n) is 3.04. The van der Waals surface area contributed by atoms with Crippen molar-refractivity contribution in [2.24, 2.45) is 11.7 Å². The first kappa shape index (κ1) is 19.4. The fraction of sp³-hybridized carbons (Fsp3) is 0.600. The third-order valence-electron chi connectivity index (χ3n) is 4.53. The maximum Gasteiger partial charge on any atom is 0.451 e. The van der Waals surface area contributed by atoms with E-state index in [1.54, 1.807) is 0 Å². The molecule has 0 aliphatic carbocycles. The molecule has 5 N–H and O–H groups in total. The molecular formula is C15H26BN3O4S. The molecule has 0 saturated carbocycles. The Hall–Kier alpha value is -0.965. The Labute approximate surface area is 144 Å². The lowest BCUT2D eigenvalue weighted by atomic mass is 9.79. The van der Waals surface area contributed by atoms with Crippen molar-refractivity contribution in [2.75, 3.05) is 13.1 Å². The van der Waals surface area contributed by atoms with Crippen LogP contribution in [0.15, 0.2) is 30.3 Å². The van der Waals surface area contributed by atoms with Crippen molar-refractivity contribution in [1.29, 1.82) is 0 Å². The van der Waals surface area contributed by atoms with Gasteiger partial charge in [-0.3, -0.25) is 0 Å². The Morgan fingerprint density at radius 1 is 1.38 bits per heavy atom. The molecule has 1 aliphatic heterocycles. The van der Waals surface area contributed by atoms with Crippen molar-refractivity contribution in [1.82, 2.24) is 9.03 Å². The average molecular weight is 355 g/mol. The molecule has 7 nitrogen and oxygen atoms in total. The predicted octanol–water partition coefficient (Wildman–Crippen LogP) is -0.0768. The summed E-state index contributed by atoms with van der Waals surface area (Å²) in [5, 5.41) is 17.8. The molecule has 1 fully saturated rings. The van der Waals surface area contributed by atoms with Crippen molar-refractivity contribution in [3.8, 4) is 0 Å². The fourth-order valence-corrected chi connectivity index (χ4v) is 4.40. The van der Waals surface area contributed by atoms with E-state index in [0.717, 1.165) is 5.56 Å². The lowest BCUT2D eigenvalue weighted by Crippen LogP contribution is -2.46. The highest BCUT2D eigenvalue weighted by Crippen LogP contribution is 2.31. The van der Waals surface area contributed by atoms with Crippen LogP contribution in [-0.2, 0) is 16.8 Å². The van der Waals surface area contributed by atoms with Crippen LogP contribution >= 0.6 is 0 Å². The van der Waals surface area contributed by atoms with E-state index in [4.69, 9.17) is 15.8 Å². The SMILES string of the molecule is C[C@]1(N)CN(S(=O)(=O)NCc2ccccc2)C[C@@H]1CCCB(O)O. The topological polar surface area (TPSA) is 116 Å². The second kappa shape index (κ2) is 7.94. The highest BCUT2D eigenvalue weighted by atomic mass is 32.2. The zero-order valence-corrected chi connectivity index (χ0v) is 14.7. The van der Waals surface area contributed by atoms with Gasteiger partial charge in [0.05, 0.1) is 0 Å². The van der Waals surface area contributed by atoms with E-state index in [9.17, 15) is 8.42 Å². The minimum atomic E-state index is -3.60. The number of rotatable bonds is 8. The van der Waals surface area contributed by atoms with E-state index in [-0.39, 0.29) is 25.3 Å². The Kier molecular flexibility index (Phi) is 6.41. The second-order valence-corrected chi connectivity index (χ2v) is 8.47. The van der Waals surface area contributed by atoms with E-state index in [0.29, 0.717) is 19.4 Å². The molecule has 1 aromatic rings. The molecule has 0 radical (unpaired) electrons. The number of benzene rings is 1. The van der Waals surface area contributed by atoms with Gasteiger partial charge in [0.25, 0.3) is 10.2 Å². The summed E-state index contributed by atoms with van der Waals surface area (Å²) in [5.74, 6) is -0.00968. The summed E-state index contributed by atoms with van der Waals surface area (Å²) in [4.78, 5) is 0. The summed E-state index contributed by atoms with van der Waals surface area (Å²) in [6.45, 7) is 2.68. The van der Waals surface area contributed by atoms with Crippen molar-refractivity contribution < 1.29 is 18.5 Å². The van der Waals surface area contributed by atoms with Gasteiger partial charge < -0.3 is 15.8 Å². The van der Waals surface area contributed by atoms with E-state index in [1.165, 1.54) is 4.31 Å². The Morgan fingerprint density at radius 3 is 2.67 bits per heavy atom. The van der Waals surface area contributed by atoms with Gasteiger partial charge in [-0.1, -0.05) is 36.8 Å². The molecule has 0 aromatic heterocycles. The molecule has 1 aliphatic rings. The summed E-state index contributed by atoms with van der Waals surface area (Å²) in [6.07, 6.45) is 1.53. The maximum atomic E-state index is 12.5. The number of hydrogen-bond acceptors (Lipinski definition) is 5. The van der Waals surface area contributed by atoms with Crippen LogP contribution in [0.1, 0.15) is 25.3 Å². The monoisotopic (exact) mass is 355 g/mol. The van der Waals surface area contributed by atoms with Crippen molar-refractivity contribution in [2.45, 2.75) is 38.2 Å². The van der Waals surface area contributed by atoms with Gasteiger partial charge in [0.1, 0.15) is 0 Å². The normalized spacial score (nSPS) is 25.1. The molecular weight excluding hydrogens is 329 g/mol. The molecule has 0 amide bonds. The first-order valence-corrected chi connectivity index (χ1v) is 9.58. The standard InChI is InChI=1S/C15H26BN3O4S/c1-15(17)12-19(11-14(15)8-5-9-16(20)21)24(22,23)18-10-13-6-3-2-4-7-13/h2-4,6-7,14,18,20-21H,5,8-12,17H2,1H3/t14-,15-/m0/s1. The molecule has 2 rings (SSSR count). The molecule has 1 aromatic carbocycles. The number of nitrogens with one attached hydrogen (secondary N) is 1. The molecule has 0 unspecified atom stereocenters. The summed E-state index contributed by atoms with van der Waals surface area (Å²) in [7, 11) is -4.93. The van der Waals surface area contributed by atoms with Gasteiger partial charge in [-0.05, 0) is 31.1 Å². The number of nitrogens with zero attached hydrogens (tertiary/aromatic N) is 1. The van der Waals surface area contributed by atoms with Crippen LogP contribution in [0, 0.1) is 5.92 Å². The summed E-state index contributed by atoms with van der Waals surface area (Å²) >= 11 is 0. The number of hydrogen-bond donors (Lipinski definition) is 4. The van der Waals surface area contributed by atoms with Crippen molar-refractivity contribution in [3.05, 3.63) is 35.9 Å². The zero-order chi connectivity index (χ0) is 17.8. The first-order chi connectivity index (χ1) is 11.2. The van der Waals surface area contributed by atoms with Gasteiger partial charge in [-0.25, -0.2) is 0 Å². The van der Waals surface area contributed by atoms with Crippen LogP contribution in [0.3, 0.4) is 0 Å². The van der Waals surface area contributed by atoms with E-state index in [1.807, 2.05) is 37.3 Å². The summed E-state index contributed by atoms with van der Waals surface area (Å²) < 4.78 is 29.0. The lowest BCUT2D eigenvalue weighted by molar-refractivity contribution is 0.343. The van der Waals surface area contributed by atoms with Crippen molar-refractivity contribution >= 4 is 17.3 Å². The van der Waals surface area contributed by atoms with Crippen LogP contribution in [0.4, 0.5) is 0 Å². The van der Waals surface area contributed by atoms with Crippen LogP contribution in [0.2, 0.25) is 6.32 Å². The van der Waals surface area contributed by atoms with Gasteiger partial charge in [-0.2, -0.15) is 17.4 Å². The molecule has 0 bridgehead atoms. The van der Waals surface area contributed by atoms with Gasteiger partial charge in [0.15, 0.2) is 0 Å². The van der Waals surface area contributed by atoms with E-state index < -0.39 is 22.9 Å². The quantitative estimate of drug-likeness (QED) is 0.487. The molecule has 2 atom stereocenters. The van der Waals surface area contributed by atoms with Crippen LogP contribution in [0.5, 0.6) is 0 Å². The Morgan fingerprint density at radius 2 is 2.04 bits per heavy atom. The molecule has 1 heterocycles. The molecule has 0 spiro atoms. The van der Waals surface area contributed by atoms with Gasteiger partial charge in [-0.15, -0.1) is 0 Å². The Bertz CT molecular complexity index is 625. The minimum Gasteiger partial charge on any atom is -0.427 e. The molecule has 9 heteroatoms. The third-order valence-corrected chi connectivity index (χ3v) is 6.00. The van der Waals surface area contributed by atoms with E-state index in [2.05, 4.69) is 4.72 Å². The number of nitrogens with two attached hydrogens (primary N) is 1. The summed E-state index contributed by atoms with van der Waals surface area (Å²) in [5.41, 5.74) is 6.54. The van der Waals surface area contributed by atoms with Gasteiger partial charge in [0, 0.05) is 25.2 Å². The average Bonchev–Trinajstić information content (AvgIpc) is 2.82. The van der Waals surface area contributed by atoms with Gasteiger partial charge in [0.2, 0.25) is 0 Å². The summed E-state index contributed by atoms with van der Waals surface area (Å²) in [6, 6.07) is 9.33.